The Morgan fingerprint density at radius 3 is 3.06 bits per heavy atom. The lowest BCUT2D eigenvalue weighted by Gasteiger charge is -2.20. The van der Waals surface area contributed by atoms with Gasteiger partial charge in [0, 0.05) is 25.8 Å². The highest BCUT2D eigenvalue weighted by Crippen LogP contribution is 2.12. The van der Waals surface area contributed by atoms with Crippen LogP contribution in [-0.4, -0.2) is 42.0 Å². The van der Waals surface area contributed by atoms with E-state index in [1.165, 1.54) is 6.42 Å². The Hall–Kier alpha value is -1.00. The fraction of sp³-hybridized carbons (Fsp3) is 0.545. The number of carbonyl (C=O) groups is 1. The number of nitrogens with one attached hydrogen (secondary N) is 2. The topological polar surface area (TPSA) is 48.1 Å². The minimum atomic E-state index is -0.0133. The molecule has 1 aliphatic rings. The number of hydrogen-bond acceptors (Lipinski definition) is 2. The van der Waals surface area contributed by atoms with Crippen molar-refractivity contribution in [3.63, 3.8) is 0 Å². The number of carbonyl (C=O) groups excluding carboxylic acids is 1. The molecule has 0 aliphatic carbocycles. The molecule has 1 unspecified atom stereocenters. The molecule has 1 amide bonds. The van der Waals surface area contributed by atoms with Gasteiger partial charge in [-0.1, -0.05) is 11.6 Å². The van der Waals surface area contributed by atoms with Gasteiger partial charge in [-0.05, 0) is 25.5 Å². The molecular weight excluding hydrogens is 226 g/mol. The molecule has 2 rings (SSSR count). The number of amides is 1. The molecule has 0 radical (unpaired) electrons. The fourth-order valence-electron chi connectivity index (χ4n) is 2.02. The number of nitrogens with zero attached hydrogens (tertiary/aromatic N) is 1. The third kappa shape index (κ3) is 2.57. The van der Waals surface area contributed by atoms with Crippen LogP contribution in [0, 0.1) is 0 Å². The second-order valence-electron chi connectivity index (χ2n) is 4.21. The van der Waals surface area contributed by atoms with Gasteiger partial charge >= 0.3 is 0 Å². The lowest BCUT2D eigenvalue weighted by Crippen LogP contribution is -2.38. The minimum absolute atomic E-state index is 0.0133. The van der Waals surface area contributed by atoms with Gasteiger partial charge in [0.05, 0.1) is 5.02 Å². The van der Waals surface area contributed by atoms with E-state index in [1.54, 1.807) is 17.2 Å². The summed E-state index contributed by atoms with van der Waals surface area (Å²) in [5.74, 6) is -0.0133. The monoisotopic (exact) mass is 241 g/mol. The average Bonchev–Trinajstić information content (AvgIpc) is 2.88. The van der Waals surface area contributed by atoms with Gasteiger partial charge in [0.2, 0.25) is 0 Å². The van der Waals surface area contributed by atoms with Crippen molar-refractivity contribution in [1.82, 2.24) is 15.2 Å². The van der Waals surface area contributed by atoms with Crippen LogP contribution in [0.5, 0.6) is 0 Å². The second-order valence-corrected chi connectivity index (χ2v) is 4.65. The molecule has 4 nitrogen and oxygen atoms in total. The molecule has 0 bridgehead atoms. The van der Waals surface area contributed by atoms with Crippen LogP contribution in [0.1, 0.15) is 23.3 Å². The minimum Gasteiger partial charge on any atom is -0.356 e. The van der Waals surface area contributed by atoms with Gasteiger partial charge in [-0.3, -0.25) is 4.79 Å². The van der Waals surface area contributed by atoms with Crippen molar-refractivity contribution in [1.29, 1.82) is 0 Å². The molecule has 0 saturated carbocycles. The van der Waals surface area contributed by atoms with Gasteiger partial charge in [-0.15, -0.1) is 0 Å². The largest absolute Gasteiger partial charge is 0.356 e. The van der Waals surface area contributed by atoms with Crippen molar-refractivity contribution < 1.29 is 4.79 Å². The maximum absolute atomic E-state index is 12.0. The summed E-state index contributed by atoms with van der Waals surface area (Å²) in [4.78, 5) is 16.5. The first kappa shape index (κ1) is 11.5. The Morgan fingerprint density at radius 2 is 2.50 bits per heavy atom. The van der Waals surface area contributed by atoms with Gasteiger partial charge in [-0.25, -0.2) is 0 Å². The summed E-state index contributed by atoms with van der Waals surface area (Å²) in [6.45, 7) is 1.80. The highest BCUT2D eigenvalue weighted by Gasteiger charge is 2.20. The van der Waals surface area contributed by atoms with E-state index in [0.717, 1.165) is 19.5 Å². The van der Waals surface area contributed by atoms with E-state index in [4.69, 9.17) is 11.6 Å². The van der Waals surface area contributed by atoms with Gasteiger partial charge in [0.15, 0.2) is 0 Å². The summed E-state index contributed by atoms with van der Waals surface area (Å²) in [6, 6.07) is 2.09. The third-order valence-electron chi connectivity index (χ3n) is 2.88. The summed E-state index contributed by atoms with van der Waals surface area (Å²) < 4.78 is 0. The number of hydrogen-bond donors (Lipinski definition) is 2. The smallest absolute Gasteiger partial charge is 0.270 e. The average molecular weight is 242 g/mol. The number of halogens is 1. The van der Waals surface area contributed by atoms with E-state index in [0.29, 0.717) is 16.8 Å². The molecule has 1 aromatic heterocycles. The highest BCUT2D eigenvalue weighted by atomic mass is 35.5. The number of likely N-dealkylation sites (N-methyl/N-ethyl adjacent to an activating group) is 1. The molecule has 88 valence electrons. The SMILES string of the molecule is CN(CC1CCCN1)C(=O)c1cc(Cl)c[nH]1. The van der Waals surface area contributed by atoms with Gasteiger partial charge in [-0.2, -0.15) is 0 Å². The zero-order chi connectivity index (χ0) is 11.5. The van der Waals surface area contributed by atoms with Gasteiger partial charge in [0.25, 0.3) is 5.91 Å². The molecule has 1 aliphatic heterocycles. The molecule has 16 heavy (non-hydrogen) atoms. The van der Waals surface area contributed by atoms with Crippen molar-refractivity contribution in [3.05, 3.63) is 23.0 Å². The van der Waals surface area contributed by atoms with Crippen LogP contribution in [0.2, 0.25) is 5.02 Å². The fourth-order valence-corrected chi connectivity index (χ4v) is 2.19. The highest BCUT2D eigenvalue weighted by molar-refractivity contribution is 6.30. The van der Waals surface area contributed by atoms with Crippen molar-refractivity contribution in [2.45, 2.75) is 18.9 Å². The van der Waals surface area contributed by atoms with Crippen molar-refractivity contribution in [2.24, 2.45) is 0 Å². The number of aromatic amines is 1. The second kappa shape index (κ2) is 4.89. The molecule has 1 atom stereocenters. The van der Waals surface area contributed by atoms with Gasteiger partial charge in [0.1, 0.15) is 5.69 Å². The maximum Gasteiger partial charge on any atom is 0.270 e. The molecule has 0 aromatic carbocycles. The Morgan fingerprint density at radius 1 is 1.69 bits per heavy atom. The zero-order valence-electron chi connectivity index (χ0n) is 9.29. The lowest BCUT2D eigenvalue weighted by atomic mass is 10.2. The predicted molar refractivity (Wildman–Crippen MR) is 63.8 cm³/mol. The normalized spacial score (nSPS) is 20.0. The molecular formula is C11H16ClN3O. The molecule has 2 heterocycles. The molecule has 0 spiro atoms. The van der Waals surface area contributed by atoms with E-state index in [1.807, 2.05) is 7.05 Å². The molecule has 1 aromatic rings. The summed E-state index contributed by atoms with van der Waals surface area (Å²) in [7, 11) is 1.82. The summed E-state index contributed by atoms with van der Waals surface area (Å²) >= 11 is 5.77. The zero-order valence-corrected chi connectivity index (χ0v) is 10.0. The first-order valence-electron chi connectivity index (χ1n) is 5.49. The van der Waals surface area contributed by atoms with Crippen LogP contribution in [-0.2, 0) is 0 Å². The Labute approximate surface area is 100.0 Å². The predicted octanol–water partition coefficient (Wildman–Crippen LogP) is 1.49. The van der Waals surface area contributed by atoms with E-state index < -0.39 is 0 Å². The van der Waals surface area contributed by atoms with Crippen molar-refractivity contribution in [3.8, 4) is 0 Å². The summed E-state index contributed by atoms with van der Waals surface area (Å²) in [6.07, 6.45) is 3.96. The number of aromatic nitrogens is 1. The Bertz CT molecular complexity index is 371. The Balaban J connectivity index is 1.93. The molecule has 5 heteroatoms. The van der Waals surface area contributed by atoms with E-state index in [9.17, 15) is 4.79 Å². The van der Waals surface area contributed by atoms with Crippen LogP contribution in [0.3, 0.4) is 0 Å². The lowest BCUT2D eigenvalue weighted by molar-refractivity contribution is 0.0779. The standard InChI is InChI=1S/C11H16ClN3O/c1-15(7-9-3-2-4-13-9)11(16)10-5-8(12)6-14-10/h5-6,9,13-14H,2-4,7H2,1H3. The first-order valence-corrected chi connectivity index (χ1v) is 5.87. The van der Waals surface area contributed by atoms with Crippen LogP contribution >= 0.6 is 11.6 Å². The molecule has 2 N–H and O–H groups in total. The van der Waals surface area contributed by atoms with Crippen LogP contribution in [0.25, 0.3) is 0 Å². The number of rotatable bonds is 3. The van der Waals surface area contributed by atoms with Gasteiger partial charge < -0.3 is 15.2 Å². The molecule has 1 fully saturated rings. The third-order valence-corrected chi connectivity index (χ3v) is 3.10. The van der Waals surface area contributed by atoms with Crippen molar-refractivity contribution >= 4 is 17.5 Å². The quantitative estimate of drug-likeness (QED) is 0.843. The van der Waals surface area contributed by atoms with Crippen LogP contribution in [0.15, 0.2) is 12.3 Å². The summed E-state index contributed by atoms with van der Waals surface area (Å²) in [5, 5.41) is 3.93. The van der Waals surface area contributed by atoms with Crippen LogP contribution in [0.4, 0.5) is 0 Å². The first-order chi connectivity index (χ1) is 7.66. The van der Waals surface area contributed by atoms with E-state index in [-0.39, 0.29) is 5.91 Å². The number of H-pyrrole nitrogens is 1. The Kier molecular flexibility index (Phi) is 3.51. The molecule has 1 saturated heterocycles. The maximum atomic E-state index is 12.0. The van der Waals surface area contributed by atoms with Crippen LogP contribution < -0.4 is 5.32 Å². The van der Waals surface area contributed by atoms with E-state index >= 15 is 0 Å². The van der Waals surface area contributed by atoms with E-state index in [2.05, 4.69) is 10.3 Å². The van der Waals surface area contributed by atoms with Crippen molar-refractivity contribution in [2.75, 3.05) is 20.1 Å². The summed E-state index contributed by atoms with van der Waals surface area (Å²) in [5.41, 5.74) is 0.547.